The summed E-state index contributed by atoms with van der Waals surface area (Å²) in [6.45, 7) is 0.272. The summed E-state index contributed by atoms with van der Waals surface area (Å²) in [7, 11) is 3.17. The Hall–Kier alpha value is -3.87. The number of aromatic nitrogens is 2. The van der Waals surface area contributed by atoms with Crippen molar-refractivity contribution in [1.29, 1.82) is 0 Å². The van der Waals surface area contributed by atoms with Crippen LogP contribution in [0.2, 0.25) is 0 Å². The van der Waals surface area contributed by atoms with E-state index in [1.165, 1.54) is 12.3 Å². The topological polar surface area (TPSA) is 76.2 Å². The third kappa shape index (κ3) is 4.07. The van der Waals surface area contributed by atoms with Gasteiger partial charge in [-0.05, 0) is 23.8 Å². The summed E-state index contributed by atoms with van der Waals surface area (Å²) in [5.41, 5.74) is 3.07. The van der Waals surface area contributed by atoms with Gasteiger partial charge in [0, 0.05) is 53.0 Å². The average molecular weight is 419 g/mol. The van der Waals surface area contributed by atoms with Gasteiger partial charge < -0.3 is 19.8 Å². The number of halogens is 1. The fourth-order valence-corrected chi connectivity index (χ4v) is 3.80. The number of nitrogens with one attached hydrogen (secondary N) is 2. The number of pyridine rings is 1. The van der Waals surface area contributed by atoms with E-state index in [1.54, 1.807) is 14.2 Å². The van der Waals surface area contributed by atoms with Crippen molar-refractivity contribution in [1.82, 2.24) is 15.3 Å². The highest BCUT2D eigenvalue weighted by atomic mass is 19.1. The minimum Gasteiger partial charge on any atom is -0.493 e. The molecule has 0 saturated carbocycles. The van der Waals surface area contributed by atoms with Crippen LogP contribution in [0.5, 0.6) is 11.5 Å². The number of benzene rings is 2. The van der Waals surface area contributed by atoms with Crippen molar-refractivity contribution >= 4 is 16.8 Å². The third-order valence-electron chi connectivity index (χ3n) is 5.26. The predicted octanol–water partition coefficient (Wildman–Crippen LogP) is 4.28. The molecule has 2 aromatic heterocycles. The lowest BCUT2D eigenvalue weighted by molar-refractivity contribution is 0.0951. The Labute approximate surface area is 179 Å². The highest BCUT2D eigenvalue weighted by molar-refractivity contribution is 5.94. The zero-order valence-corrected chi connectivity index (χ0v) is 17.2. The maximum Gasteiger partial charge on any atom is 0.251 e. The van der Waals surface area contributed by atoms with Crippen LogP contribution >= 0.6 is 0 Å². The Balaban J connectivity index is 1.74. The first kappa shape index (κ1) is 20.4. The normalized spacial score (nSPS) is 11.8. The molecule has 0 fully saturated rings. The maximum absolute atomic E-state index is 13.4. The number of amides is 1. The molecule has 0 radical (unpaired) electrons. The second-order valence-corrected chi connectivity index (χ2v) is 7.00. The van der Waals surface area contributed by atoms with Crippen LogP contribution in [0.4, 0.5) is 4.39 Å². The van der Waals surface area contributed by atoms with Crippen LogP contribution in [0.3, 0.4) is 0 Å². The van der Waals surface area contributed by atoms with Gasteiger partial charge in [0.25, 0.3) is 5.91 Å². The van der Waals surface area contributed by atoms with Crippen LogP contribution in [0.25, 0.3) is 10.9 Å². The lowest BCUT2D eigenvalue weighted by Crippen LogP contribution is -2.29. The molecule has 2 aromatic carbocycles. The molecule has 31 heavy (non-hydrogen) atoms. The van der Waals surface area contributed by atoms with Gasteiger partial charge in [0.2, 0.25) is 5.95 Å². The number of para-hydroxylation sites is 2. The van der Waals surface area contributed by atoms with Gasteiger partial charge in [-0.1, -0.05) is 30.3 Å². The summed E-state index contributed by atoms with van der Waals surface area (Å²) in [6, 6.07) is 16.2. The minimum atomic E-state index is -0.699. The van der Waals surface area contributed by atoms with Gasteiger partial charge in [-0.3, -0.25) is 4.79 Å². The largest absolute Gasteiger partial charge is 0.493 e. The van der Waals surface area contributed by atoms with Crippen molar-refractivity contribution in [3.63, 3.8) is 0 Å². The van der Waals surface area contributed by atoms with Crippen LogP contribution in [0.15, 0.2) is 67.0 Å². The summed E-state index contributed by atoms with van der Waals surface area (Å²) in [4.78, 5) is 19.5. The summed E-state index contributed by atoms with van der Waals surface area (Å²) in [5, 5.41) is 3.97. The summed E-state index contributed by atoms with van der Waals surface area (Å²) < 4.78 is 24.6. The monoisotopic (exact) mass is 419 g/mol. The minimum absolute atomic E-state index is 0.211. The highest BCUT2D eigenvalue weighted by Crippen LogP contribution is 2.40. The number of rotatable bonds is 7. The van der Waals surface area contributed by atoms with Crippen molar-refractivity contribution in [2.24, 2.45) is 0 Å². The molecule has 0 saturated heterocycles. The molecule has 4 aromatic rings. The first-order chi connectivity index (χ1) is 15.1. The number of ether oxygens (including phenoxy) is 2. The van der Waals surface area contributed by atoms with Crippen LogP contribution in [0.1, 0.15) is 27.4 Å². The Bertz CT molecular complexity index is 1220. The lowest BCUT2D eigenvalue weighted by atomic mass is 9.89. The van der Waals surface area contributed by atoms with Crippen molar-refractivity contribution in [3.8, 4) is 11.5 Å². The number of carbonyl (C=O) groups excluding carboxylic acids is 1. The molecular weight excluding hydrogens is 397 g/mol. The van der Waals surface area contributed by atoms with Crippen molar-refractivity contribution in [2.45, 2.75) is 5.92 Å². The molecule has 0 aliphatic carbocycles. The van der Waals surface area contributed by atoms with Gasteiger partial charge in [0.15, 0.2) is 11.5 Å². The van der Waals surface area contributed by atoms with E-state index in [0.29, 0.717) is 11.5 Å². The Morgan fingerprint density at radius 2 is 1.94 bits per heavy atom. The number of H-pyrrole nitrogens is 1. The van der Waals surface area contributed by atoms with E-state index in [4.69, 9.17) is 9.47 Å². The summed E-state index contributed by atoms with van der Waals surface area (Å²) in [6.07, 6.45) is 3.21. The molecule has 1 unspecified atom stereocenters. The predicted molar refractivity (Wildman–Crippen MR) is 116 cm³/mol. The molecule has 1 amide bonds. The first-order valence-corrected chi connectivity index (χ1v) is 9.79. The van der Waals surface area contributed by atoms with E-state index in [9.17, 15) is 9.18 Å². The molecule has 0 spiro atoms. The van der Waals surface area contributed by atoms with Gasteiger partial charge in [-0.2, -0.15) is 4.39 Å². The van der Waals surface area contributed by atoms with Crippen LogP contribution in [0, 0.1) is 5.95 Å². The molecule has 6 nitrogen and oxygen atoms in total. The number of hydrogen-bond donors (Lipinski definition) is 2. The zero-order chi connectivity index (χ0) is 21.8. The fraction of sp³-hybridized carbons (Fsp3) is 0.167. The number of aromatic amines is 1. The lowest BCUT2D eigenvalue weighted by Gasteiger charge is -2.22. The number of hydrogen-bond acceptors (Lipinski definition) is 4. The third-order valence-corrected chi connectivity index (χ3v) is 5.26. The van der Waals surface area contributed by atoms with Crippen molar-refractivity contribution < 1.29 is 18.7 Å². The van der Waals surface area contributed by atoms with Gasteiger partial charge in [-0.15, -0.1) is 0 Å². The quantitative estimate of drug-likeness (QED) is 0.439. The molecule has 0 aliphatic rings. The van der Waals surface area contributed by atoms with E-state index < -0.39 is 5.95 Å². The van der Waals surface area contributed by atoms with Gasteiger partial charge in [0.05, 0.1) is 14.2 Å². The second kappa shape index (κ2) is 8.87. The average Bonchev–Trinajstić information content (AvgIpc) is 3.23. The first-order valence-electron chi connectivity index (χ1n) is 9.79. The SMILES string of the molecule is COc1cccc(C(CNC(=O)c2ccnc(F)c2)c2c[nH]c3ccccc23)c1OC. The second-order valence-electron chi connectivity index (χ2n) is 7.00. The van der Waals surface area contributed by atoms with Crippen LogP contribution in [-0.2, 0) is 0 Å². The van der Waals surface area contributed by atoms with E-state index >= 15 is 0 Å². The van der Waals surface area contributed by atoms with Gasteiger partial charge >= 0.3 is 0 Å². The van der Waals surface area contributed by atoms with Crippen molar-refractivity contribution in [3.05, 3.63) is 89.6 Å². The number of fused-ring (bicyclic) bond motifs is 1. The zero-order valence-electron chi connectivity index (χ0n) is 17.2. The van der Waals surface area contributed by atoms with E-state index in [1.807, 2.05) is 48.7 Å². The highest BCUT2D eigenvalue weighted by Gasteiger charge is 2.24. The van der Waals surface area contributed by atoms with Gasteiger partial charge in [0.1, 0.15) is 0 Å². The van der Waals surface area contributed by atoms with Crippen molar-refractivity contribution in [2.75, 3.05) is 20.8 Å². The summed E-state index contributed by atoms with van der Waals surface area (Å²) in [5.74, 6) is -0.114. The molecule has 4 rings (SSSR count). The molecule has 1 atom stereocenters. The maximum atomic E-state index is 13.4. The fourth-order valence-electron chi connectivity index (χ4n) is 3.80. The van der Waals surface area contributed by atoms with Crippen LogP contribution in [-0.4, -0.2) is 36.6 Å². The number of nitrogens with zero attached hydrogens (tertiary/aromatic N) is 1. The molecule has 0 bridgehead atoms. The molecule has 158 valence electrons. The number of carbonyl (C=O) groups is 1. The van der Waals surface area contributed by atoms with Gasteiger partial charge in [-0.25, -0.2) is 4.98 Å². The molecule has 2 N–H and O–H groups in total. The molecular formula is C24H22FN3O3. The van der Waals surface area contributed by atoms with E-state index in [2.05, 4.69) is 15.3 Å². The number of methoxy groups -OCH3 is 2. The Morgan fingerprint density at radius 3 is 2.71 bits per heavy atom. The standard InChI is InChI=1S/C24H22FN3O3/c1-30-21-9-5-7-17(23(21)31-2)19(18-13-27-20-8-4-3-6-16(18)20)14-28-24(29)15-10-11-26-22(25)12-15/h3-13,19,27H,14H2,1-2H3,(H,28,29). The molecule has 7 heteroatoms. The molecule has 0 aliphatic heterocycles. The van der Waals surface area contributed by atoms with E-state index in [0.717, 1.165) is 28.1 Å². The van der Waals surface area contributed by atoms with E-state index in [-0.39, 0.29) is 23.9 Å². The van der Waals surface area contributed by atoms with Crippen LogP contribution < -0.4 is 14.8 Å². The Kier molecular flexibility index (Phi) is 5.84. The molecule has 2 heterocycles. The summed E-state index contributed by atoms with van der Waals surface area (Å²) >= 11 is 0. The smallest absolute Gasteiger partial charge is 0.251 e. The Morgan fingerprint density at radius 1 is 1.10 bits per heavy atom.